The maximum atomic E-state index is 6.04. The van der Waals surface area contributed by atoms with Crippen LogP contribution in [0, 0.1) is 0 Å². The molecular formula is C15H31NO2. The smallest absolute Gasteiger partial charge is 0.0847 e. The fraction of sp³-hybridized carbons (Fsp3) is 1.00. The van der Waals surface area contributed by atoms with E-state index in [1.165, 1.54) is 44.9 Å². The minimum atomic E-state index is -0.0829. The predicted molar refractivity (Wildman–Crippen MR) is 75.8 cm³/mol. The normalized spacial score (nSPS) is 19.0. The SMILES string of the molecule is CCCCCCCCCOC1(CN)CCOCC1. The van der Waals surface area contributed by atoms with Crippen molar-refractivity contribution in [2.45, 2.75) is 70.3 Å². The molecule has 1 rings (SSSR count). The maximum Gasteiger partial charge on any atom is 0.0847 e. The molecule has 0 bridgehead atoms. The highest BCUT2D eigenvalue weighted by Gasteiger charge is 2.31. The van der Waals surface area contributed by atoms with Gasteiger partial charge in [0.25, 0.3) is 0 Å². The topological polar surface area (TPSA) is 44.5 Å². The highest BCUT2D eigenvalue weighted by atomic mass is 16.5. The molecule has 0 aromatic carbocycles. The molecule has 0 atom stereocenters. The molecule has 0 amide bonds. The number of unbranched alkanes of at least 4 members (excludes halogenated alkanes) is 6. The van der Waals surface area contributed by atoms with Gasteiger partial charge >= 0.3 is 0 Å². The summed E-state index contributed by atoms with van der Waals surface area (Å²) < 4.78 is 11.4. The van der Waals surface area contributed by atoms with E-state index in [4.69, 9.17) is 15.2 Å². The molecule has 0 aromatic heterocycles. The van der Waals surface area contributed by atoms with Crippen LogP contribution < -0.4 is 5.73 Å². The van der Waals surface area contributed by atoms with Crippen molar-refractivity contribution in [2.24, 2.45) is 5.73 Å². The number of rotatable bonds is 10. The van der Waals surface area contributed by atoms with Crippen LogP contribution in [0.25, 0.3) is 0 Å². The summed E-state index contributed by atoms with van der Waals surface area (Å²) >= 11 is 0. The largest absolute Gasteiger partial charge is 0.381 e. The van der Waals surface area contributed by atoms with Crippen molar-refractivity contribution in [1.82, 2.24) is 0 Å². The van der Waals surface area contributed by atoms with Crippen molar-refractivity contribution in [3.05, 3.63) is 0 Å². The third-order valence-corrected chi connectivity index (χ3v) is 3.93. The van der Waals surface area contributed by atoms with Gasteiger partial charge in [0, 0.05) is 39.2 Å². The van der Waals surface area contributed by atoms with E-state index in [-0.39, 0.29) is 5.60 Å². The van der Waals surface area contributed by atoms with Crippen LogP contribution in [0.2, 0.25) is 0 Å². The summed E-state index contributed by atoms with van der Waals surface area (Å²) in [6.45, 7) is 5.36. The summed E-state index contributed by atoms with van der Waals surface area (Å²) in [4.78, 5) is 0. The van der Waals surface area contributed by atoms with Crippen LogP contribution in [0.3, 0.4) is 0 Å². The number of hydrogen-bond acceptors (Lipinski definition) is 3. The van der Waals surface area contributed by atoms with E-state index < -0.39 is 0 Å². The lowest BCUT2D eigenvalue weighted by atomic mass is 9.94. The van der Waals surface area contributed by atoms with Crippen molar-refractivity contribution in [3.8, 4) is 0 Å². The van der Waals surface area contributed by atoms with Crippen molar-refractivity contribution < 1.29 is 9.47 Å². The van der Waals surface area contributed by atoms with Gasteiger partial charge in [-0.3, -0.25) is 0 Å². The van der Waals surface area contributed by atoms with E-state index in [1.807, 2.05) is 0 Å². The molecule has 1 saturated heterocycles. The highest BCUT2D eigenvalue weighted by molar-refractivity contribution is 4.84. The van der Waals surface area contributed by atoms with E-state index in [1.54, 1.807) is 0 Å². The van der Waals surface area contributed by atoms with E-state index in [2.05, 4.69) is 6.92 Å². The molecular weight excluding hydrogens is 226 g/mol. The molecule has 1 heterocycles. The monoisotopic (exact) mass is 257 g/mol. The lowest BCUT2D eigenvalue weighted by molar-refractivity contribution is -0.105. The predicted octanol–water partition coefficient (Wildman–Crippen LogP) is 3.26. The Kier molecular flexibility index (Phi) is 8.64. The number of nitrogens with two attached hydrogens (primary N) is 1. The fourth-order valence-electron chi connectivity index (χ4n) is 2.50. The first-order valence-corrected chi connectivity index (χ1v) is 7.75. The first-order chi connectivity index (χ1) is 8.83. The van der Waals surface area contributed by atoms with E-state index in [9.17, 15) is 0 Å². The summed E-state index contributed by atoms with van der Waals surface area (Å²) in [5.74, 6) is 0. The minimum absolute atomic E-state index is 0.0829. The zero-order valence-electron chi connectivity index (χ0n) is 12.1. The van der Waals surface area contributed by atoms with Gasteiger partial charge in [-0.25, -0.2) is 0 Å². The first-order valence-electron chi connectivity index (χ1n) is 7.75. The van der Waals surface area contributed by atoms with Gasteiger partial charge in [-0.05, 0) is 6.42 Å². The molecule has 1 aliphatic rings. The molecule has 0 aliphatic carbocycles. The van der Waals surface area contributed by atoms with E-state index >= 15 is 0 Å². The zero-order chi connectivity index (χ0) is 13.1. The summed E-state index contributed by atoms with van der Waals surface area (Å²) in [6, 6.07) is 0. The van der Waals surface area contributed by atoms with Crippen molar-refractivity contribution >= 4 is 0 Å². The summed E-state index contributed by atoms with van der Waals surface area (Å²) in [6.07, 6.45) is 11.2. The van der Waals surface area contributed by atoms with Gasteiger partial charge in [-0.15, -0.1) is 0 Å². The Morgan fingerprint density at radius 3 is 2.22 bits per heavy atom. The lowest BCUT2D eigenvalue weighted by Crippen LogP contribution is -2.45. The Morgan fingerprint density at radius 1 is 1.00 bits per heavy atom. The van der Waals surface area contributed by atoms with Crippen LogP contribution in [0.15, 0.2) is 0 Å². The Bertz CT molecular complexity index is 191. The number of hydrogen-bond donors (Lipinski definition) is 1. The fourth-order valence-corrected chi connectivity index (χ4v) is 2.50. The Labute approximate surface area is 112 Å². The van der Waals surface area contributed by atoms with Crippen molar-refractivity contribution in [2.75, 3.05) is 26.4 Å². The number of ether oxygens (including phenoxy) is 2. The highest BCUT2D eigenvalue weighted by Crippen LogP contribution is 2.24. The molecule has 1 aliphatic heterocycles. The molecule has 2 N–H and O–H groups in total. The third-order valence-electron chi connectivity index (χ3n) is 3.93. The molecule has 3 nitrogen and oxygen atoms in total. The molecule has 0 spiro atoms. The van der Waals surface area contributed by atoms with Gasteiger partial charge in [0.15, 0.2) is 0 Å². The molecule has 1 fully saturated rings. The standard InChI is InChI=1S/C15H31NO2/c1-2-3-4-5-6-7-8-11-18-15(14-16)9-12-17-13-10-15/h2-14,16H2,1H3. The molecule has 18 heavy (non-hydrogen) atoms. The molecule has 0 unspecified atom stereocenters. The Hall–Kier alpha value is -0.120. The quantitative estimate of drug-likeness (QED) is 0.611. The van der Waals surface area contributed by atoms with Crippen molar-refractivity contribution in [1.29, 1.82) is 0 Å². The van der Waals surface area contributed by atoms with Crippen LogP contribution in [-0.4, -0.2) is 32.0 Å². The molecule has 0 saturated carbocycles. The van der Waals surface area contributed by atoms with E-state index in [0.717, 1.165) is 32.7 Å². The maximum absolute atomic E-state index is 6.04. The van der Waals surface area contributed by atoms with Crippen LogP contribution in [0.5, 0.6) is 0 Å². The Balaban J connectivity index is 1.98. The second-order valence-corrected chi connectivity index (χ2v) is 5.47. The molecule has 3 heteroatoms. The average Bonchev–Trinajstić information content (AvgIpc) is 2.43. The van der Waals surface area contributed by atoms with Gasteiger partial charge in [-0.1, -0.05) is 45.4 Å². The van der Waals surface area contributed by atoms with Crippen molar-refractivity contribution in [3.63, 3.8) is 0 Å². The second kappa shape index (κ2) is 9.76. The van der Waals surface area contributed by atoms with Gasteiger partial charge in [-0.2, -0.15) is 0 Å². The van der Waals surface area contributed by atoms with Gasteiger partial charge in [0.1, 0.15) is 0 Å². The van der Waals surface area contributed by atoms with Gasteiger partial charge < -0.3 is 15.2 Å². The zero-order valence-corrected chi connectivity index (χ0v) is 12.1. The van der Waals surface area contributed by atoms with Crippen LogP contribution >= 0.6 is 0 Å². The van der Waals surface area contributed by atoms with Crippen LogP contribution in [-0.2, 0) is 9.47 Å². The summed E-state index contributed by atoms with van der Waals surface area (Å²) in [5, 5.41) is 0. The first kappa shape index (κ1) is 15.9. The molecule has 0 radical (unpaired) electrons. The van der Waals surface area contributed by atoms with Crippen LogP contribution in [0.1, 0.15) is 64.7 Å². The summed E-state index contributed by atoms with van der Waals surface area (Å²) in [7, 11) is 0. The average molecular weight is 257 g/mol. The van der Waals surface area contributed by atoms with E-state index in [0.29, 0.717) is 6.54 Å². The van der Waals surface area contributed by atoms with Gasteiger partial charge in [0.2, 0.25) is 0 Å². The minimum Gasteiger partial charge on any atom is -0.381 e. The second-order valence-electron chi connectivity index (χ2n) is 5.47. The summed E-state index contributed by atoms with van der Waals surface area (Å²) in [5.41, 5.74) is 5.77. The van der Waals surface area contributed by atoms with Crippen LogP contribution in [0.4, 0.5) is 0 Å². The lowest BCUT2D eigenvalue weighted by Gasteiger charge is -2.36. The molecule has 108 valence electrons. The Morgan fingerprint density at radius 2 is 1.61 bits per heavy atom. The third kappa shape index (κ3) is 6.17. The van der Waals surface area contributed by atoms with Gasteiger partial charge in [0.05, 0.1) is 5.60 Å². The molecule has 0 aromatic rings.